The van der Waals surface area contributed by atoms with Crippen LogP contribution in [0.25, 0.3) is 10.4 Å². The first-order valence-electron chi connectivity index (χ1n) is 6.08. The van der Waals surface area contributed by atoms with E-state index in [0.717, 1.165) is 16.1 Å². The third-order valence-electron chi connectivity index (χ3n) is 2.35. The topological polar surface area (TPSA) is 38.3 Å². The number of anilines is 1. The van der Waals surface area contributed by atoms with E-state index >= 15 is 0 Å². The number of benzene rings is 1. The third kappa shape index (κ3) is 3.83. The molecular formula is C15H17NO2S. The Balaban J connectivity index is 2.20. The van der Waals surface area contributed by atoms with Gasteiger partial charge in [-0.25, -0.2) is 4.79 Å². The fourth-order valence-electron chi connectivity index (χ4n) is 1.65. The van der Waals surface area contributed by atoms with Gasteiger partial charge < -0.3 is 4.74 Å². The highest BCUT2D eigenvalue weighted by atomic mass is 32.1. The standard InChI is InChI=1S/C15H17NO2S/c1-15(2,3)18-14(17)16-12-8-5-4-7-11(12)13-9-6-10-19-13/h4-10H,1-3H3,(H,16,17). The van der Waals surface area contributed by atoms with Crippen molar-refractivity contribution in [1.82, 2.24) is 0 Å². The minimum absolute atomic E-state index is 0.434. The molecule has 0 aliphatic rings. The summed E-state index contributed by atoms with van der Waals surface area (Å²) < 4.78 is 5.27. The second-order valence-corrected chi connectivity index (χ2v) is 6.10. The molecule has 100 valence electrons. The molecule has 19 heavy (non-hydrogen) atoms. The van der Waals surface area contributed by atoms with Crippen LogP contribution >= 0.6 is 11.3 Å². The number of para-hydroxylation sites is 1. The minimum atomic E-state index is -0.498. The van der Waals surface area contributed by atoms with Crippen LogP contribution in [0, 0.1) is 0 Å². The van der Waals surface area contributed by atoms with E-state index in [2.05, 4.69) is 5.32 Å². The van der Waals surface area contributed by atoms with Gasteiger partial charge in [-0.1, -0.05) is 24.3 Å². The normalized spacial score (nSPS) is 11.1. The molecule has 0 aliphatic carbocycles. The Bertz CT molecular complexity index is 556. The first-order valence-corrected chi connectivity index (χ1v) is 6.96. The van der Waals surface area contributed by atoms with Gasteiger partial charge in [-0.2, -0.15) is 0 Å². The van der Waals surface area contributed by atoms with Crippen molar-refractivity contribution in [3.8, 4) is 10.4 Å². The molecule has 3 nitrogen and oxygen atoms in total. The monoisotopic (exact) mass is 275 g/mol. The molecule has 2 aromatic rings. The summed E-state index contributed by atoms with van der Waals surface area (Å²) in [6.07, 6.45) is -0.434. The number of carbonyl (C=O) groups is 1. The molecule has 0 unspecified atom stereocenters. The Hall–Kier alpha value is -1.81. The van der Waals surface area contributed by atoms with Crippen LogP contribution in [0.4, 0.5) is 10.5 Å². The molecule has 0 fully saturated rings. The summed E-state index contributed by atoms with van der Waals surface area (Å²) in [5.41, 5.74) is 1.27. The lowest BCUT2D eigenvalue weighted by molar-refractivity contribution is 0.0636. The van der Waals surface area contributed by atoms with Gasteiger partial charge in [0, 0.05) is 10.4 Å². The van der Waals surface area contributed by atoms with E-state index in [1.165, 1.54) is 0 Å². The highest BCUT2D eigenvalue weighted by Crippen LogP contribution is 2.31. The Kier molecular flexibility index (Phi) is 3.90. The van der Waals surface area contributed by atoms with Crippen LogP contribution in [0.5, 0.6) is 0 Å². The number of carbonyl (C=O) groups excluding carboxylic acids is 1. The smallest absolute Gasteiger partial charge is 0.412 e. The predicted octanol–water partition coefficient (Wildman–Crippen LogP) is 4.76. The van der Waals surface area contributed by atoms with E-state index in [1.807, 2.05) is 62.5 Å². The van der Waals surface area contributed by atoms with Crippen molar-refractivity contribution >= 4 is 23.1 Å². The van der Waals surface area contributed by atoms with E-state index < -0.39 is 11.7 Å². The molecule has 4 heteroatoms. The van der Waals surface area contributed by atoms with Crippen molar-refractivity contribution in [1.29, 1.82) is 0 Å². The Morgan fingerprint density at radius 1 is 1.16 bits per heavy atom. The molecule has 0 radical (unpaired) electrons. The zero-order valence-electron chi connectivity index (χ0n) is 11.3. The zero-order valence-corrected chi connectivity index (χ0v) is 12.1. The minimum Gasteiger partial charge on any atom is -0.444 e. The van der Waals surface area contributed by atoms with Crippen molar-refractivity contribution in [2.24, 2.45) is 0 Å². The van der Waals surface area contributed by atoms with Gasteiger partial charge in [0.05, 0.1) is 5.69 Å². The van der Waals surface area contributed by atoms with Crippen LogP contribution in [-0.4, -0.2) is 11.7 Å². The number of amides is 1. The summed E-state index contributed by atoms with van der Waals surface area (Å²) in [5.74, 6) is 0. The van der Waals surface area contributed by atoms with Crippen molar-refractivity contribution in [2.45, 2.75) is 26.4 Å². The van der Waals surface area contributed by atoms with E-state index in [1.54, 1.807) is 11.3 Å². The summed E-state index contributed by atoms with van der Waals surface area (Å²) in [5, 5.41) is 4.81. The van der Waals surface area contributed by atoms with Crippen molar-refractivity contribution in [3.05, 3.63) is 41.8 Å². The molecule has 0 aliphatic heterocycles. The molecule has 1 aromatic heterocycles. The average molecular weight is 275 g/mol. The molecule has 0 saturated heterocycles. The van der Waals surface area contributed by atoms with E-state index in [9.17, 15) is 4.79 Å². The number of thiophene rings is 1. The second kappa shape index (κ2) is 5.45. The molecule has 0 saturated carbocycles. The molecule has 1 aromatic carbocycles. The summed E-state index contributed by atoms with van der Waals surface area (Å²) in [4.78, 5) is 12.9. The lowest BCUT2D eigenvalue weighted by atomic mass is 10.1. The van der Waals surface area contributed by atoms with Crippen LogP contribution in [-0.2, 0) is 4.74 Å². The van der Waals surface area contributed by atoms with E-state index in [4.69, 9.17) is 4.74 Å². The summed E-state index contributed by atoms with van der Waals surface area (Å²) in [7, 11) is 0. The largest absolute Gasteiger partial charge is 0.444 e. The lowest BCUT2D eigenvalue weighted by Crippen LogP contribution is -2.27. The van der Waals surface area contributed by atoms with Gasteiger partial charge in [-0.15, -0.1) is 11.3 Å². The molecule has 2 rings (SSSR count). The van der Waals surface area contributed by atoms with Crippen LogP contribution < -0.4 is 5.32 Å². The Labute approximate surface area is 117 Å². The number of hydrogen-bond donors (Lipinski definition) is 1. The Morgan fingerprint density at radius 2 is 1.89 bits per heavy atom. The zero-order chi connectivity index (χ0) is 13.9. The van der Waals surface area contributed by atoms with E-state index in [0.29, 0.717) is 0 Å². The SMILES string of the molecule is CC(C)(C)OC(=O)Nc1ccccc1-c1cccs1. The average Bonchev–Trinajstić information content (AvgIpc) is 2.80. The fourth-order valence-corrected chi connectivity index (χ4v) is 2.42. The Morgan fingerprint density at radius 3 is 2.53 bits per heavy atom. The number of nitrogens with one attached hydrogen (secondary N) is 1. The molecule has 0 atom stereocenters. The van der Waals surface area contributed by atoms with Crippen LogP contribution in [0.1, 0.15) is 20.8 Å². The predicted molar refractivity (Wildman–Crippen MR) is 79.6 cm³/mol. The van der Waals surface area contributed by atoms with Gasteiger partial charge in [0.15, 0.2) is 0 Å². The molecule has 1 heterocycles. The van der Waals surface area contributed by atoms with Gasteiger partial charge in [0.1, 0.15) is 5.60 Å². The number of ether oxygens (including phenoxy) is 1. The lowest BCUT2D eigenvalue weighted by Gasteiger charge is -2.20. The van der Waals surface area contributed by atoms with Crippen molar-refractivity contribution in [3.63, 3.8) is 0 Å². The molecule has 0 bridgehead atoms. The van der Waals surface area contributed by atoms with Crippen LogP contribution in [0.2, 0.25) is 0 Å². The van der Waals surface area contributed by atoms with Gasteiger partial charge in [-0.3, -0.25) is 5.32 Å². The van der Waals surface area contributed by atoms with Gasteiger partial charge in [-0.05, 0) is 38.3 Å². The molecule has 0 spiro atoms. The van der Waals surface area contributed by atoms with Crippen LogP contribution in [0.15, 0.2) is 41.8 Å². The third-order valence-corrected chi connectivity index (χ3v) is 3.25. The maximum Gasteiger partial charge on any atom is 0.412 e. The molecule has 1 amide bonds. The van der Waals surface area contributed by atoms with Gasteiger partial charge in [0.25, 0.3) is 0 Å². The highest BCUT2D eigenvalue weighted by molar-refractivity contribution is 7.13. The summed E-state index contributed by atoms with van der Waals surface area (Å²) in [6.45, 7) is 5.53. The maximum atomic E-state index is 11.8. The summed E-state index contributed by atoms with van der Waals surface area (Å²) >= 11 is 1.64. The fraction of sp³-hybridized carbons (Fsp3) is 0.267. The first kappa shape index (κ1) is 13.6. The quantitative estimate of drug-likeness (QED) is 0.858. The number of hydrogen-bond acceptors (Lipinski definition) is 3. The molecular weight excluding hydrogens is 258 g/mol. The van der Waals surface area contributed by atoms with Crippen molar-refractivity contribution < 1.29 is 9.53 Å². The molecule has 1 N–H and O–H groups in total. The highest BCUT2D eigenvalue weighted by Gasteiger charge is 2.17. The van der Waals surface area contributed by atoms with Crippen molar-refractivity contribution in [2.75, 3.05) is 5.32 Å². The van der Waals surface area contributed by atoms with Crippen LogP contribution in [0.3, 0.4) is 0 Å². The summed E-state index contributed by atoms with van der Waals surface area (Å²) in [6, 6.07) is 11.7. The second-order valence-electron chi connectivity index (χ2n) is 5.15. The van der Waals surface area contributed by atoms with Gasteiger partial charge in [0.2, 0.25) is 0 Å². The van der Waals surface area contributed by atoms with E-state index in [-0.39, 0.29) is 0 Å². The number of rotatable bonds is 2. The first-order chi connectivity index (χ1) is 8.96. The maximum absolute atomic E-state index is 11.8. The van der Waals surface area contributed by atoms with Gasteiger partial charge >= 0.3 is 6.09 Å².